The summed E-state index contributed by atoms with van der Waals surface area (Å²) in [4.78, 5) is 24.5. The number of carbonyl (C=O) groups is 1. The lowest BCUT2D eigenvalue weighted by Crippen LogP contribution is -2.63. The van der Waals surface area contributed by atoms with Crippen LogP contribution in [0.3, 0.4) is 0 Å². The van der Waals surface area contributed by atoms with Crippen molar-refractivity contribution >= 4 is 5.91 Å². The summed E-state index contributed by atoms with van der Waals surface area (Å²) < 4.78 is 44.3. The Bertz CT molecular complexity index is 1330. The number of pyridine rings is 1. The molecule has 4 heterocycles. The van der Waals surface area contributed by atoms with Crippen LogP contribution >= 0.6 is 0 Å². The Balaban J connectivity index is 1.45. The van der Waals surface area contributed by atoms with E-state index in [1.54, 1.807) is 42.4 Å². The van der Waals surface area contributed by atoms with Crippen LogP contribution in [0, 0.1) is 5.41 Å². The molecular formula is C28H32F3N5O3. The lowest BCUT2D eigenvalue weighted by atomic mass is 9.62. The minimum Gasteiger partial charge on any atom is -0.380 e. The topological polar surface area (TPSA) is 95.6 Å². The number of likely N-dealkylation sites (tertiary alicyclic amines) is 2. The average Bonchev–Trinajstić information content (AvgIpc) is 3.37. The van der Waals surface area contributed by atoms with E-state index in [-0.39, 0.29) is 17.4 Å². The molecule has 0 unspecified atom stereocenters. The summed E-state index contributed by atoms with van der Waals surface area (Å²) in [5.41, 5.74) is -0.447. The number of hydrogen-bond donors (Lipinski definition) is 1. The van der Waals surface area contributed by atoms with Crippen LogP contribution < -0.4 is 0 Å². The van der Waals surface area contributed by atoms with Gasteiger partial charge in [0, 0.05) is 68.0 Å². The molecule has 8 nitrogen and oxygen atoms in total. The number of aliphatic hydroxyl groups is 1. The Kier molecular flexibility index (Phi) is 7.00. The first-order valence-corrected chi connectivity index (χ1v) is 13.0. The maximum absolute atomic E-state index is 12.9. The Morgan fingerprint density at radius 1 is 1.13 bits per heavy atom. The van der Waals surface area contributed by atoms with Crippen molar-refractivity contribution < 1.29 is 27.6 Å². The van der Waals surface area contributed by atoms with E-state index in [1.165, 1.54) is 12.1 Å². The van der Waals surface area contributed by atoms with Gasteiger partial charge in [0.25, 0.3) is 0 Å². The number of benzene rings is 1. The molecule has 11 heteroatoms. The van der Waals surface area contributed by atoms with E-state index < -0.39 is 23.6 Å². The zero-order valence-electron chi connectivity index (χ0n) is 22.2. The fraction of sp³-hybridized carbons (Fsp3) is 0.500. The van der Waals surface area contributed by atoms with Crippen molar-refractivity contribution in [3.05, 3.63) is 65.3 Å². The fourth-order valence-corrected chi connectivity index (χ4v) is 6.05. The summed E-state index contributed by atoms with van der Waals surface area (Å²) in [7, 11) is 1.95. The van der Waals surface area contributed by atoms with Gasteiger partial charge in [-0.25, -0.2) is 0 Å². The molecule has 1 amide bonds. The van der Waals surface area contributed by atoms with Gasteiger partial charge in [-0.3, -0.25) is 9.78 Å². The highest BCUT2D eigenvalue weighted by Crippen LogP contribution is 2.50. The molecule has 208 valence electrons. The van der Waals surface area contributed by atoms with Crippen molar-refractivity contribution in [2.24, 2.45) is 5.41 Å². The van der Waals surface area contributed by atoms with Crippen LogP contribution in [0.25, 0.3) is 11.4 Å². The largest absolute Gasteiger partial charge is 0.393 e. The van der Waals surface area contributed by atoms with Gasteiger partial charge >= 0.3 is 6.18 Å². The highest BCUT2D eigenvalue weighted by molar-refractivity contribution is 5.73. The summed E-state index contributed by atoms with van der Waals surface area (Å²) >= 11 is 0. The van der Waals surface area contributed by atoms with Gasteiger partial charge in [-0.15, -0.1) is 0 Å². The highest BCUT2D eigenvalue weighted by atomic mass is 19.4. The number of halogens is 3. The second-order valence-electron chi connectivity index (χ2n) is 11.1. The summed E-state index contributed by atoms with van der Waals surface area (Å²) in [6.45, 7) is 5.97. The number of hydrogen-bond acceptors (Lipinski definition) is 7. The van der Waals surface area contributed by atoms with Gasteiger partial charge in [0.05, 0.1) is 6.42 Å². The number of aromatic nitrogens is 3. The van der Waals surface area contributed by atoms with Gasteiger partial charge in [-0.05, 0) is 37.1 Å². The van der Waals surface area contributed by atoms with Crippen molar-refractivity contribution in [3.8, 4) is 11.4 Å². The molecule has 2 aliphatic heterocycles. The zero-order valence-corrected chi connectivity index (χ0v) is 22.2. The van der Waals surface area contributed by atoms with Gasteiger partial charge < -0.3 is 19.4 Å². The lowest BCUT2D eigenvalue weighted by molar-refractivity contribution is -0.130. The van der Waals surface area contributed by atoms with E-state index in [1.807, 2.05) is 14.0 Å². The summed E-state index contributed by atoms with van der Waals surface area (Å²) in [6.07, 6.45) is -0.706. The molecule has 1 atom stereocenters. The Hall–Kier alpha value is -3.31. The third kappa shape index (κ3) is 5.29. The summed E-state index contributed by atoms with van der Waals surface area (Å²) in [6, 6.07) is 7.74. The SMILES string of the molecule is CC(=O)N1CCC(c2nc(-c3cncc([C@@](O)(c4ccc(CC(F)(F)F)cc4)C4(C)CN(C)C4)c3)no2)CC1. The van der Waals surface area contributed by atoms with Crippen LogP contribution in [-0.2, 0) is 16.8 Å². The predicted octanol–water partition coefficient (Wildman–Crippen LogP) is 4.15. The Morgan fingerprint density at radius 2 is 1.79 bits per heavy atom. The van der Waals surface area contributed by atoms with Crippen molar-refractivity contribution in [2.45, 2.75) is 50.8 Å². The molecule has 0 radical (unpaired) electrons. The first kappa shape index (κ1) is 27.3. The van der Waals surface area contributed by atoms with E-state index in [2.05, 4.69) is 20.0 Å². The van der Waals surface area contributed by atoms with Gasteiger partial charge in [0.15, 0.2) is 0 Å². The summed E-state index contributed by atoms with van der Waals surface area (Å²) in [5.74, 6) is 0.944. The molecule has 2 saturated heterocycles. The molecule has 2 fully saturated rings. The number of piperidine rings is 1. The maximum Gasteiger partial charge on any atom is 0.393 e. The highest BCUT2D eigenvalue weighted by Gasteiger charge is 2.55. The number of amides is 1. The number of nitrogens with zero attached hydrogens (tertiary/aromatic N) is 5. The minimum absolute atomic E-state index is 0.0505. The van der Waals surface area contributed by atoms with E-state index >= 15 is 0 Å². The average molecular weight is 544 g/mol. The molecule has 1 aromatic carbocycles. The second kappa shape index (κ2) is 10.0. The Labute approximate surface area is 224 Å². The Morgan fingerprint density at radius 3 is 2.38 bits per heavy atom. The zero-order chi connectivity index (χ0) is 28.0. The minimum atomic E-state index is -4.31. The van der Waals surface area contributed by atoms with Crippen molar-refractivity contribution in [1.82, 2.24) is 24.9 Å². The van der Waals surface area contributed by atoms with Crippen LogP contribution in [-0.4, -0.2) is 75.3 Å². The molecule has 3 aromatic rings. The maximum atomic E-state index is 12.9. The summed E-state index contributed by atoms with van der Waals surface area (Å²) in [5, 5.41) is 16.5. The van der Waals surface area contributed by atoms with Crippen LogP contribution in [0.1, 0.15) is 55.2 Å². The van der Waals surface area contributed by atoms with E-state index in [4.69, 9.17) is 4.52 Å². The number of alkyl halides is 3. The molecule has 39 heavy (non-hydrogen) atoms. The molecule has 2 aromatic heterocycles. The fourth-order valence-electron chi connectivity index (χ4n) is 6.05. The molecule has 0 spiro atoms. The second-order valence-corrected chi connectivity index (χ2v) is 11.1. The van der Waals surface area contributed by atoms with E-state index in [0.29, 0.717) is 54.6 Å². The number of carbonyl (C=O) groups excluding carboxylic acids is 1. The molecule has 2 aliphatic rings. The van der Waals surface area contributed by atoms with Crippen LogP contribution in [0.5, 0.6) is 0 Å². The monoisotopic (exact) mass is 543 g/mol. The van der Waals surface area contributed by atoms with E-state index in [0.717, 1.165) is 12.8 Å². The van der Waals surface area contributed by atoms with Crippen LogP contribution in [0.2, 0.25) is 0 Å². The lowest BCUT2D eigenvalue weighted by Gasteiger charge is -2.55. The van der Waals surface area contributed by atoms with Crippen molar-refractivity contribution in [2.75, 3.05) is 33.2 Å². The third-order valence-corrected chi connectivity index (χ3v) is 8.03. The van der Waals surface area contributed by atoms with Crippen LogP contribution in [0.15, 0.2) is 47.2 Å². The normalized spacial score (nSPS) is 19.9. The molecule has 0 aliphatic carbocycles. The molecule has 0 bridgehead atoms. The van der Waals surface area contributed by atoms with Gasteiger partial charge in [0.2, 0.25) is 17.6 Å². The first-order chi connectivity index (χ1) is 18.4. The van der Waals surface area contributed by atoms with E-state index in [9.17, 15) is 23.1 Å². The van der Waals surface area contributed by atoms with Gasteiger partial charge in [-0.2, -0.15) is 18.2 Å². The standard InChI is InChI=1S/C28H32F3N5O3/c1-18(37)36-10-8-20(9-11-36)25-33-24(34-39-25)21-12-23(15-32-14-21)28(38,26(2)16-35(3)17-26)22-6-4-19(5-7-22)13-27(29,30)31/h4-7,12,14-15,20,38H,8-11,13,16-17H2,1-3H3/t28-/m0/s1. The van der Waals surface area contributed by atoms with Crippen LogP contribution in [0.4, 0.5) is 13.2 Å². The third-order valence-electron chi connectivity index (χ3n) is 8.03. The number of rotatable bonds is 6. The first-order valence-electron chi connectivity index (χ1n) is 13.0. The molecular weight excluding hydrogens is 511 g/mol. The van der Waals surface area contributed by atoms with Crippen molar-refractivity contribution in [1.29, 1.82) is 0 Å². The van der Waals surface area contributed by atoms with Gasteiger partial charge in [-0.1, -0.05) is 36.3 Å². The molecule has 0 saturated carbocycles. The predicted molar refractivity (Wildman–Crippen MR) is 137 cm³/mol. The molecule has 5 rings (SSSR count). The smallest absolute Gasteiger partial charge is 0.380 e. The molecule has 1 N–H and O–H groups in total. The van der Waals surface area contributed by atoms with Crippen molar-refractivity contribution in [3.63, 3.8) is 0 Å². The van der Waals surface area contributed by atoms with Gasteiger partial charge in [0.1, 0.15) is 5.60 Å². The quantitative estimate of drug-likeness (QED) is 0.499.